The van der Waals surface area contributed by atoms with Gasteiger partial charge in [-0.3, -0.25) is 4.79 Å². The monoisotopic (exact) mass is 249 g/mol. The number of ketones is 1. The Hall–Kier alpha value is -1.38. The van der Waals surface area contributed by atoms with E-state index in [1.165, 1.54) is 12.5 Å². The standard InChI is InChI=1S/C15H20FNO/c1-2-10-5-3-6-11(9-10)15(18)12-7-4-8-13(16)14(12)17/h4,7-8,10-11H,2-3,5-6,9,17H2,1H3. The van der Waals surface area contributed by atoms with E-state index in [1.807, 2.05) is 0 Å². The first-order valence-electron chi connectivity index (χ1n) is 6.71. The van der Waals surface area contributed by atoms with Crippen molar-refractivity contribution in [2.45, 2.75) is 39.0 Å². The molecule has 2 nitrogen and oxygen atoms in total. The summed E-state index contributed by atoms with van der Waals surface area (Å²) in [5.74, 6) is 0.170. The number of hydrogen-bond donors (Lipinski definition) is 1. The summed E-state index contributed by atoms with van der Waals surface area (Å²) in [7, 11) is 0. The minimum absolute atomic E-state index is 0.00104. The van der Waals surface area contributed by atoms with E-state index in [-0.39, 0.29) is 17.4 Å². The molecule has 1 aliphatic carbocycles. The van der Waals surface area contributed by atoms with Crippen LogP contribution in [0, 0.1) is 17.7 Å². The SMILES string of the molecule is CCC1CCCC(C(=O)c2cccc(F)c2N)C1. The van der Waals surface area contributed by atoms with Gasteiger partial charge in [-0.1, -0.05) is 32.3 Å². The second kappa shape index (κ2) is 5.51. The van der Waals surface area contributed by atoms with Crippen LogP contribution in [0.4, 0.5) is 10.1 Å². The zero-order valence-electron chi connectivity index (χ0n) is 10.8. The summed E-state index contributed by atoms with van der Waals surface area (Å²) >= 11 is 0. The van der Waals surface area contributed by atoms with Crippen LogP contribution in [0.1, 0.15) is 49.4 Å². The van der Waals surface area contributed by atoms with E-state index < -0.39 is 5.82 Å². The van der Waals surface area contributed by atoms with E-state index in [1.54, 1.807) is 12.1 Å². The smallest absolute Gasteiger partial charge is 0.168 e. The van der Waals surface area contributed by atoms with Gasteiger partial charge in [-0.2, -0.15) is 0 Å². The number of rotatable bonds is 3. The van der Waals surface area contributed by atoms with Gasteiger partial charge in [-0.25, -0.2) is 4.39 Å². The number of carbonyl (C=O) groups excluding carboxylic acids is 1. The minimum Gasteiger partial charge on any atom is -0.396 e. The average molecular weight is 249 g/mol. The van der Waals surface area contributed by atoms with Crippen molar-refractivity contribution in [2.24, 2.45) is 11.8 Å². The largest absolute Gasteiger partial charge is 0.396 e. The first kappa shape index (κ1) is 13.1. The summed E-state index contributed by atoms with van der Waals surface area (Å²) in [5.41, 5.74) is 6.02. The van der Waals surface area contributed by atoms with Crippen molar-refractivity contribution < 1.29 is 9.18 Å². The van der Waals surface area contributed by atoms with E-state index in [2.05, 4.69) is 6.92 Å². The van der Waals surface area contributed by atoms with Crippen LogP contribution in [-0.4, -0.2) is 5.78 Å². The van der Waals surface area contributed by atoms with Crippen LogP contribution in [0.3, 0.4) is 0 Å². The molecule has 1 aromatic rings. The first-order valence-corrected chi connectivity index (χ1v) is 6.71. The molecule has 0 aromatic heterocycles. The zero-order chi connectivity index (χ0) is 13.1. The van der Waals surface area contributed by atoms with Gasteiger partial charge in [-0.05, 0) is 30.9 Å². The third-order valence-electron chi connectivity index (χ3n) is 4.05. The first-order chi connectivity index (χ1) is 8.63. The van der Waals surface area contributed by atoms with Gasteiger partial charge >= 0.3 is 0 Å². The molecule has 3 heteroatoms. The predicted molar refractivity (Wildman–Crippen MR) is 70.9 cm³/mol. The van der Waals surface area contributed by atoms with Crippen LogP contribution in [-0.2, 0) is 0 Å². The lowest BCUT2D eigenvalue weighted by molar-refractivity contribution is 0.0862. The predicted octanol–water partition coefficient (Wildman–Crippen LogP) is 3.81. The van der Waals surface area contributed by atoms with Crippen molar-refractivity contribution in [3.05, 3.63) is 29.6 Å². The molecule has 1 saturated carbocycles. The molecule has 0 radical (unpaired) electrons. The van der Waals surface area contributed by atoms with Gasteiger partial charge in [-0.15, -0.1) is 0 Å². The van der Waals surface area contributed by atoms with E-state index in [4.69, 9.17) is 5.73 Å². The lowest BCUT2D eigenvalue weighted by atomic mass is 9.77. The lowest BCUT2D eigenvalue weighted by Gasteiger charge is -2.27. The van der Waals surface area contributed by atoms with E-state index >= 15 is 0 Å². The molecule has 0 heterocycles. The Kier molecular flexibility index (Phi) is 4.00. The van der Waals surface area contributed by atoms with E-state index in [9.17, 15) is 9.18 Å². The van der Waals surface area contributed by atoms with Crippen LogP contribution in [0.25, 0.3) is 0 Å². The van der Waals surface area contributed by atoms with Crippen LogP contribution in [0.2, 0.25) is 0 Å². The zero-order valence-corrected chi connectivity index (χ0v) is 10.8. The van der Waals surface area contributed by atoms with Crippen LogP contribution in [0.15, 0.2) is 18.2 Å². The number of carbonyl (C=O) groups is 1. The molecular weight excluding hydrogens is 229 g/mol. The Morgan fingerprint density at radius 1 is 1.44 bits per heavy atom. The van der Waals surface area contributed by atoms with Gasteiger partial charge in [0.05, 0.1) is 5.69 Å². The molecule has 98 valence electrons. The Morgan fingerprint density at radius 2 is 2.22 bits per heavy atom. The van der Waals surface area contributed by atoms with Gasteiger partial charge < -0.3 is 5.73 Å². The van der Waals surface area contributed by atoms with E-state index in [0.29, 0.717) is 11.5 Å². The fourth-order valence-corrected chi connectivity index (χ4v) is 2.87. The van der Waals surface area contributed by atoms with Crippen molar-refractivity contribution in [1.29, 1.82) is 0 Å². The highest BCUT2D eigenvalue weighted by atomic mass is 19.1. The summed E-state index contributed by atoms with van der Waals surface area (Å²) in [4.78, 5) is 12.4. The second-order valence-electron chi connectivity index (χ2n) is 5.20. The lowest BCUT2D eigenvalue weighted by Crippen LogP contribution is -2.23. The van der Waals surface area contributed by atoms with Gasteiger partial charge in [0, 0.05) is 11.5 Å². The second-order valence-corrected chi connectivity index (χ2v) is 5.20. The number of benzene rings is 1. The number of Topliss-reactive ketones (excluding diaryl/α,β-unsaturated/α-hetero) is 1. The molecular formula is C15H20FNO. The summed E-state index contributed by atoms with van der Waals surface area (Å²) in [5, 5.41) is 0. The summed E-state index contributed by atoms with van der Waals surface area (Å²) in [6.45, 7) is 2.16. The number of nitrogen functional groups attached to an aromatic ring is 1. The Morgan fingerprint density at radius 3 is 2.94 bits per heavy atom. The molecule has 0 saturated heterocycles. The average Bonchev–Trinajstić information content (AvgIpc) is 2.41. The summed E-state index contributed by atoms with van der Waals surface area (Å²) in [6, 6.07) is 4.48. The Bertz CT molecular complexity index is 444. The number of para-hydroxylation sites is 1. The molecule has 0 aliphatic heterocycles. The maximum atomic E-state index is 13.4. The number of nitrogens with two attached hydrogens (primary N) is 1. The van der Waals surface area contributed by atoms with Gasteiger partial charge in [0.25, 0.3) is 0 Å². The molecule has 2 rings (SSSR count). The number of halogens is 1. The van der Waals surface area contributed by atoms with Gasteiger partial charge in [0.1, 0.15) is 5.82 Å². The normalized spacial score (nSPS) is 23.9. The van der Waals surface area contributed by atoms with Crippen molar-refractivity contribution in [3.8, 4) is 0 Å². The molecule has 1 fully saturated rings. The Labute approximate surface area is 107 Å². The molecule has 1 aliphatic rings. The van der Waals surface area contributed by atoms with Crippen molar-refractivity contribution in [2.75, 3.05) is 5.73 Å². The number of hydrogen-bond acceptors (Lipinski definition) is 2. The molecule has 0 amide bonds. The van der Waals surface area contributed by atoms with Crippen LogP contribution < -0.4 is 5.73 Å². The Balaban J connectivity index is 2.18. The molecule has 2 unspecified atom stereocenters. The third kappa shape index (κ3) is 2.55. The van der Waals surface area contributed by atoms with Crippen molar-refractivity contribution >= 4 is 11.5 Å². The van der Waals surface area contributed by atoms with Crippen molar-refractivity contribution in [1.82, 2.24) is 0 Å². The highest BCUT2D eigenvalue weighted by molar-refractivity contribution is 6.02. The summed E-state index contributed by atoms with van der Waals surface area (Å²) < 4.78 is 13.4. The highest BCUT2D eigenvalue weighted by Gasteiger charge is 2.28. The quantitative estimate of drug-likeness (QED) is 0.654. The highest BCUT2D eigenvalue weighted by Crippen LogP contribution is 2.34. The summed E-state index contributed by atoms with van der Waals surface area (Å²) in [6.07, 6.45) is 5.24. The van der Waals surface area contributed by atoms with Crippen LogP contribution >= 0.6 is 0 Å². The fourth-order valence-electron chi connectivity index (χ4n) is 2.87. The van der Waals surface area contributed by atoms with E-state index in [0.717, 1.165) is 25.7 Å². The molecule has 1 aromatic carbocycles. The molecule has 0 spiro atoms. The minimum atomic E-state index is -0.497. The van der Waals surface area contributed by atoms with Gasteiger partial charge in [0.15, 0.2) is 5.78 Å². The molecule has 18 heavy (non-hydrogen) atoms. The fraction of sp³-hybridized carbons (Fsp3) is 0.533. The number of anilines is 1. The van der Waals surface area contributed by atoms with Gasteiger partial charge in [0.2, 0.25) is 0 Å². The molecule has 0 bridgehead atoms. The maximum Gasteiger partial charge on any atom is 0.168 e. The van der Waals surface area contributed by atoms with Crippen molar-refractivity contribution in [3.63, 3.8) is 0 Å². The third-order valence-corrected chi connectivity index (χ3v) is 4.05. The topological polar surface area (TPSA) is 43.1 Å². The molecule has 2 atom stereocenters. The molecule has 2 N–H and O–H groups in total. The maximum absolute atomic E-state index is 13.4. The van der Waals surface area contributed by atoms with Crippen LogP contribution in [0.5, 0.6) is 0 Å².